The number of imidazole rings is 2. The molecule has 0 saturated heterocycles. The summed E-state index contributed by atoms with van der Waals surface area (Å²) in [5, 5.41) is 30.6. The predicted octanol–water partition coefficient (Wildman–Crippen LogP) is 10.4. The van der Waals surface area contributed by atoms with Crippen LogP contribution in [0.3, 0.4) is 0 Å². The fraction of sp³-hybridized carbons (Fsp3) is 0.492. The average molecular weight is 1200 g/mol. The lowest BCUT2D eigenvalue weighted by Crippen LogP contribution is -2.66. The zero-order valence-electron chi connectivity index (χ0n) is 51.7. The van der Waals surface area contributed by atoms with Crippen LogP contribution in [0.1, 0.15) is 129 Å². The molecule has 2 unspecified atom stereocenters. The molecule has 17 nitrogen and oxygen atoms in total. The maximum atomic E-state index is 13.2. The van der Waals surface area contributed by atoms with Crippen LogP contribution in [0.5, 0.6) is 0 Å². The van der Waals surface area contributed by atoms with Crippen molar-refractivity contribution in [3.05, 3.63) is 144 Å². The van der Waals surface area contributed by atoms with E-state index in [0.29, 0.717) is 56.8 Å². The van der Waals surface area contributed by atoms with Crippen LogP contribution in [0.15, 0.2) is 122 Å². The summed E-state index contributed by atoms with van der Waals surface area (Å²) >= 11 is 0. The molecule has 6 aromatic rings. The number of esters is 2. The molecule has 2 heterocycles. The van der Waals surface area contributed by atoms with Crippen molar-refractivity contribution in [2.75, 3.05) is 46.8 Å². The highest BCUT2D eigenvalue weighted by atomic mass is 28.4. The zero-order chi connectivity index (χ0) is 61.6. The van der Waals surface area contributed by atoms with Crippen LogP contribution < -0.4 is 21.4 Å². The van der Waals surface area contributed by atoms with Gasteiger partial charge in [0.2, 0.25) is 11.6 Å². The SMILES string of the molecule is C.CCOC(=O)c1nc(-c2ccc(CC(CCO[Si](c3ccccc3)(c3ccccc3)C(C)(C)C)NC(=O)OC(C)(C)C)cc2)cn1CCO[Si](C)(C)C(C)(C)C.CCOC(=O)c1nc(-c2ccc(CC(N)CCO)cc2)cn1CCO.CO. The molecule has 19 heteroatoms. The van der Waals surface area contributed by atoms with Crippen molar-refractivity contribution in [1.29, 1.82) is 0 Å². The fourth-order valence-corrected chi connectivity index (χ4v) is 14.8. The van der Waals surface area contributed by atoms with Crippen LogP contribution in [0.25, 0.3) is 22.5 Å². The minimum atomic E-state index is -2.77. The van der Waals surface area contributed by atoms with E-state index in [1.807, 2.05) is 92.2 Å². The van der Waals surface area contributed by atoms with E-state index in [9.17, 15) is 14.4 Å². The second-order valence-electron chi connectivity index (χ2n) is 23.8. The lowest BCUT2D eigenvalue weighted by Gasteiger charge is -2.43. The molecule has 84 heavy (non-hydrogen) atoms. The minimum Gasteiger partial charge on any atom is -0.460 e. The molecule has 0 aliphatic heterocycles. The maximum Gasteiger partial charge on any atom is 0.407 e. The van der Waals surface area contributed by atoms with E-state index < -0.39 is 40.3 Å². The number of alkyl carbamates (subject to hydrolysis) is 1. The second-order valence-corrected chi connectivity index (χ2v) is 32.9. The number of hydrogen-bond acceptors (Lipinski definition) is 14. The number of rotatable bonds is 25. The molecular weight excluding hydrogens is 1100 g/mol. The number of hydrogen-bond donors (Lipinski definition) is 5. The summed E-state index contributed by atoms with van der Waals surface area (Å²) in [4.78, 5) is 47.2. The van der Waals surface area contributed by atoms with Gasteiger partial charge in [-0.05, 0) is 105 Å². The monoisotopic (exact) mass is 1190 g/mol. The molecule has 0 bridgehead atoms. The Labute approximate surface area is 502 Å². The molecule has 0 aliphatic rings. The Morgan fingerprint density at radius 2 is 1.06 bits per heavy atom. The minimum absolute atomic E-state index is 0. The molecule has 6 N–H and O–H groups in total. The van der Waals surface area contributed by atoms with E-state index in [1.54, 1.807) is 24.6 Å². The zero-order valence-corrected chi connectivity index (χ0v) is 53.7. The van der Waals surface area contributed by atoms with Gasteiger partial charge in [0.05, 0.1) is 37.8 Å². The lowest BCUT2D eigenvalue weighted by molar-refractivity contribution is 0.0488. The molecule has 0 fully saturated rings. The van der Waals surface area contributed by atoms with Gasteiger partial charge in [0.25, 0.3) is 8.32 Å². The number of benzene rings is 4. The number of nitrogens with zero attached hydrogens (tertiary/aromatic N) is 4. The van der Waals surface area contributed by atoms with Crippen LogP contribution in [0, 0.1) is 0 Å². The first-order valence-electron chi connectivity index (χ1n) is 28.7. The molecule has 462 valence electrons. The second kappa shape index (κ2) is 33.4. The number of aliphatic hydroxyl groups is 3. The smallest absolute Gasteiger partial charge is 0.407 e. The van der Waals surface area contributed by atoms with Gasteiger partial charge in [-0.1, -0.05) is 158 Å². The quantitative estimate of drug-likeness (QED) is 0.0204. The first-order valence-corrected chi connectivity index (χ1v) is 33.5. The van der Waals surface area contributed by atoms with Crippen LogP contribution >= 0.6 is 0 Å². The van der Waals surface area contributed by atoms with Crippen molar-refractivity contribution in [3.8, 4) is 22.5 Å². The van der Waals surface area contributed by atoms with E-state index in [4.69, 9.17) is 49.1 Å². The van der Waals surface area contributed by atoms with E-state index >= 15 is 0 Å². The highest BCUT2D eigenvalue weighted by Crippen LogP contribution is 2.38. The standard InChI is InChI=1S/C45H65N3O6Si2.C18H25N3O4.CH4O.CH4/c1-13-51-41(49)40-47-39(33-48(40)29-31-52-55(11,12)44(5,6)7)35-26-24-34(25-27-35)32-36(46-42(50)54-43(2,3)4)28-30-53-56(45(8,9)10,37-20-16-14-17-21-37)38-22-18-15-19-23-38;1-2-25-18(24)17-20-16(12-21(17)8-10-23)14-5-3-13(4-6-14)11-15(19)7-9-22;1-2;/h14-27,33,36H,13,28-32H2,1-12H3,(H,46,50);3-6,12,15,22-23H,2,7-11,19H2,1H3;2H,1H3;1H4. The van der Waals surface area contributed by atoms with E-state index in [1.165, 1.54) is 10.4 Å². The molecule has 2 aromatic heterocycles. The number of aliphatic hydroxyl groups excluding tert-OH is 3. The molecular formula is C65H98N6O11Si2. The Morgan fingerprint density at radius 1 is 0.607 bits per heavy atom. The van der Waals surface area contributed by atoms with Gasteiger partial charge < -0.3 is 58.6 Å². The van der Waals surface area contributed by atoms with E-state index in [-0.39, 0.29) is 74.2 Å². The third-order valence-electron chi connectivity index (χ3n) is 14.3. The van der Waals surface area contributed by atoms with Crippen molar-refractivity contribution < 1.29 is 52.8 Å². The molecule has 2 atom stereocenters. The number of ether oxygens (including phenoxy) is 3. The Kier molecular flexibility index (Phi) is 28.6. The topological polar surface area (TPSA) is 232 Å². The number of amides is 1. The van der Waals surface area contributed by atoms with Crippen molar-refractivity contribution >= 4 is 45.0 Å². The number of nitrogens with one attached hydrogen (secondary N) is 1. The molecule has 6 rings (SSSR count). The van der Waals surface area contributed by atoms with Gasteiger partial charge in [-0.2, -0.15) is 0 Å². The van der Waals surface area contributed by atoms with E-state index in [0.717, 1.165) is 29.4 Å². The van der Waals surface area contributed by atoms with Gasteiger partial charge in [-0.25, -0.2) is 24.4 Å². The largest absolute Gasteiger partial charge is 0.460 e. The van der Waals surface area contributed by atoms with Crippen LogP contribution in [0.4, 0.5) is 4.79 Å². The summed E-state index contributed by atoms with van der Waals surface area (Å²) in [5.41, 5.74) is 10.5. The molecule has 0 saturated carbocycles. The van der Waals surface area contributed by atoms with Gasteiger partial charge in [-0.3, -0.25) is 0 Å². The predicted molar refractivity (Wildman–Crippen MR) is 341 cm³/mol. The summed E-state index contributed by atoms with van der Waals surface area (Å²) in [6, 6.07) is 36.7. The van der Waals surface area contributed by atoms with Gasteiger partial charge in [-0.15, -0.1) is 0 Å². The van der Waals surface area contributed by atoms with Gasteiger partial charge in [0, 0.05) is 69.0 Å². The Bertz CT molecular complexity index is 2860. The van der Waals surface area contributed by atoms with Crippen molar-refractivity contribution in [3.63, 3.8) is 0 Å². The number of nitrogens with two attached hydrogens (primary N) is 1. The fourth-order valence-electron chi connectivity index (χ4n) is 9.19. The van der Waals surface area contributed by atoms with Crippen LogP contribution in [-0.2, 0) is 49.0 Å². The number of carbonyl (C=O) groups excluding carboxylic acids is 3. The summed E-state index contributed by atoms with van der Waals surface area (Å²) in [7, 11) is -3.73. The summed E-state index contributed by atoms with van der Waals surface area (Å²) in [6.07, 6.45) is 5.57. The Balaban J connectivity index is 0.000000550. The number of aromatic nitrogens is 4. The van der Waals surface area contributed by atoms with Crippen LogP contribution in [-0.4, -0.2) is 134 Å². The average Bonchev–Trinajstić information content (AvgIpc) is 1.36. The molecule has 0 aliphatic carbocycles. The van der Waals surface area contributed by atoms with E-state index in [2.05, 4.69) is 113 Å². The first kappa shape index (κ1) is 72.0. The maximum absolute atomic E-state index is 13.2. The Hall–Kier alpha value is -6.30. The molecule has 4 aromatic carbocycles. The van der Waals surface area contributed by atoms with Gasteiger partial charge in [0.1, 0.15) is 5.60 Å². The summed E-state index contributed by atoms with van der Waals surface area (Å²) in [6.45, 7) is 29.2. The molecule has 0 spiro atoms. The van der Waals surface area contributed by atoms with Crippen LogP contribution in [0.2, 0.25) is 23.2 Å². The molecule has 0 radical (unpaired) electrons. The van der Waals surface area contributed by atoms with Gasteiger partial charge in [0.15, 0.2) is 8.32 Å². The Morgan fingerprint density at radius 3 is 1.46 bits per heavy atom. The third kappa shape index (κ3) is 20.7. The third-order valence-corrected chi connectivity index (χ3v) is 23.9. The van der Waals surface area contributed by atoms with Crippen molar-refractivity contribution in [2.24, 2.45) is 5.73 Å². The van der Waals surface area contributed by atoms with Crippen molar-refractivity contribution in [1.82, 2.24) is 24.4 Å². The highest BCUT2D eigenvalue weighted by Gasteiger charge is 2.50. The van der Waals surface area contributed by atoms with Gasteiger partial charge >= 0.3 is 18.0 Å². The summed E-state index contributed by atoms with van der Waals surface area (Å²) in [5.74, 6) is -0.528. The first-order chi connectivity index (χ1) is 39.2. The highest BCUT2D eigenvalue weighted by molar-refractivity contribution is 6.99. The normalized spacial score (nSPS) is 12.5. The molecule has 1 amide bonds. The lowest BCUT2D eigenvalue weighted by atomic mass is 10.0. The summed E-state index contributed by atoms with van der Waals surface area (Å²) < 4.78 is 33.1. The number of carbonyl (C=O) groups is 3. The van der Waals surface area contributed by atoms with Crippen molar-refractivity contribution in [2.45, 2.75) is 163 Å².